The van der Waals surface area contributed by atoms with Crippen molar-refractivity contribution in [1.29, 1.82) is 0 Å². The van der Waals surface area contributed by atoms with Crippen LogP contribution in [0.2, 0.25) is 0 Å². The highest BCUT2D eigenvalue weighted by molar-refractivity contribution is 7.13. The second-order valence-corrected chi connectivity index (χ2v) is 7.04. The number of carbonyl (C=O) groups is 2. The van der Waals surface area contributed by atoms with E-state index in [0.29, 0.717) is 12.0 Å². The molecule has 5 nitrogen and oxygen atoms in total. The summed E-state index contributed by atoms with van der Waals surface area (Å²) in [5, 5.41) is 2.72. The van der Waals surface area contributed by atoms with Crippen LogP contribution >= 0.6 is 11.3 Å². The first-order valence-electron chi connectivity index (χ1n) is 8.70. The van der Waals surface area contributed by atoms with E-state index in [2.05, 4.69) is 9.97 Å². The van der Waals surface area contributed by atoms with Crippen molar-refractivity contribution in [2.75, 3.05) is 11.4 Å². The van der Waals surface area contributed by atoms with Gasteiger partial charge in [0.05, 0.1) is 11.4 Å². The minimum Gasteiger partial charge on any atom is -0.312 e. The van der Waals surface area contributed by atoms with Crippen LogP contribution in [0.1, 0.15) is 28.9 Å². The second-order valence-electron chi connectivity index (χ2n) is 6.19. The Hall–Kier alpha value is -3.12. The summed E-state index contributed by atoms with van der Waals surface area (Å²) in [7, 11) is 0. The van der Waals surface area contributed by atoms with Crippen LogP contribution in [0.5, 0.6) is 0 Å². The van der Waals surface area contributed by atoms with E-state index in [1.807, 2.05) is 35.7 Å². The van der Waals surface area contributed by atoms with E-state index >= 15 is 0 Å². The molecule has 0 N–H and O–H groups in total. The van der Waals surface area contributed by atoms with E-state index in [4.69, 9.17) is 0 Å². The van der Waals surface area contributed by atoms with Crippen LogP contribution in [0, 0.1) is 0 Å². The van der Waals surface area contributed by atoms with Gasteiger partial charge in [0.25, 0.3) is 0 Å². The maximum Gasteiger partial charge on any atom is 0.227 e. The molecule has 27 heavy (non-hydrogen) atoms. The quantitative estimate of drug-likeness (QED) is 0.495. The first kappa shape index (κ1) is 17.3. The van der Waals surface area contributed by atoms with Crippen molar-refractivity contribution in [3.63, 3.8) is 0 Å². The van der Waals surface area contributed by atoms with Gasteiger partial charge in [0.15, 0.2) is 5.78 Å². The maximum atomic E-state index is 12.4. The van der Waals surface area contributed by atoms with Crippen molar-refractivity contribution in [3.8, 4) is 10.7 Å². The molecule has 3 heterocycles. The van der Waals surface area contributed by atoms with Gasteiger partial charge in [0.2, 0.25) is 5.91 Å². The summed E-state index contributed by atoms with van der Waals surface area (Å²) in [5.74, 6) is 0.0444. The Morgan fingerprint density at radius 1 is 1.15 bits per heavy atom. The van der Waals surface area contributed by atoms with Crippen LogP contribution in [0.3, 0.4) is 0 Å². The summed E-state index contributed by atoms with van der Waals surface area (Å²) in [6, 6.07) is 12.9. The highest BCUT2D eigenvalue weighted by atomic mass is 32.1. The highest BCUT2D eigenvalue weighted by Crippen LogP contribution is 2.23. The normalized spacial score (nSPS) is 14.2. The molecule has 0 spiro atoms. The van der Waals surface area contributed by atoms with Crippen molar-refractivity contribution in [2.24, 2.45) is 0 Å². The number of nitrogens with zero attached hydrogens (tertiary/aromatic N) is 3. The molecule has 0 aliphatic carbocycles. The fourth-order valence-electron chi connectivity index (χ4n) is 2.95. The van der Waals surface area contributed by atoms with Gasteiger partial charge in [-0.05, 0) is 55.0 Å². The van der Waals surface area contributed by atoms with E-state index in [1.165, 1.54) is 17.4 Å². The Morgan fingerprint density at radius 3 is 2.70 bits per heavy atom. The van der Waals surface area contributed by atoms with Gasteiger partial charge in [-0.3, -0.25) is 14.6 Å². The molecule has 0 saturated carbocycles. The third-order valence-electron chi connectivity index (χ3n) is 4.35. The van der Waals surface area contributed by atoms with Crippen molar-refractivity contribution in [1.82, 2.24) is 9.97 Å². The number of thiazole rings is 1. The number of carbonyl (C=O) groups excluding carboxylic acids is 2. The fraction of sp³-hybridized carbons (Fsp3) is 0.143. The average Bonchev–Trinajstić information content (AvgIpc) is 3.36. The molecule has 1 aromatic carbocycles. The third kappa shape index (κ3) is 3.85. The van der Waals surface area contributed by atoms with Gasteiger partial charge in [-0.25, -0.2) is 4.98 Å². The fourth-order valence-corrected chi connectivity index (χ4v) is 3.72. The zero-order chi connectivity index (χ0) is 18.6. The molecule has 1 fully saturated rings. The minimum absolute atomic E-state index is 0.0957. The van der Waals surface area contributed by atoms with Gasteiger partial charge in [-0.2, -0.15) is 0 Å². The number of ketones is 1. The SMILES string of the molecule is O=C(/C=C/c1csc(-c2ccccn2)n1)c1ccc(N2CCCC2=O)cc1. The molecule has 0 radical (unpaired) electrons. The first-order valence-corrected chi connectivity index (χ1v) is 9.58. The number of allylic oxidation sites excluding steroid dienone is 1. The molecule has 0 bridgehead atoms. The van der Waals surface area contributed by atoms with Crippen molar-refractivity contribution < 1.29 is 9.59 Å². The molecule has 3 aromatic rings. The summed E-state index contributed by atoms with van der Waals surface area (Å²) in [6.45, 7) is 0.745. The second kappa shape index (κ2) is 7.63. The van der Waals surface area contributed by atoms with Crippen LogP contribution in [-0.2, 0) is 4.79 Å². The van der Waals surface area contributed by atoms with Gasteiger partial charge in [0.1, 0.15) is 5.01 Å². The van der Waals surface area contributed by atoms with E-state index < -0.39 is 0 Å². The van der Waals surface area contributed by atoms with Crippen LogP contribution in [0.25, 0.3) is 16.8 Å². The molecule has 4 rings (SSSR count). The Morgan fingerprint density at radius 2 is 2.00 bits per heavy atom. The van der Waals surface area contributed by atoms with Crippen LogP contribution < -0.4 is 4.90 Å². The summed E-state index contributed by atoms with van der Waals surface area (Å²) < 4.78 is 0. The average molecular weight is 375 g/mol. The van der Waals surface area contributed by atoms with Crippen LogP contribution in [0.15, 0.2) is 60.1 Å². The summed E-state index contributed by atoms with van der Waals surface area (Å²) in [4.78, 5) is 34.7. The lowest BCUT2D eigenvalue weighted by molar-refractivity contribution is -0.117. The molecular weight excluding hydrogens is 358 g/mol. The van der Waals surface area contributed by atoms with Crippen LogP contribution in [0.4, 0.5) is 5.69 Å². The van der Waals surface area contributed by atoms with E-state index in [9.17, 15) is 9.59 Å². The van der Waals surface area contributed by atoms with Crippen molar-refractivity contribution in [3.05, 3.63) is 71.4 Å². The summed E-state index contributed by atoms with van der Waals surface area (Å²) in [5.41, 5.74) is 2.98. The smallest absolute Gasteiger partial charge is 0.227 e. The molecule has 1 aliphatic rings. The Labute approximate surface area is 161 Å². The summed E-state index contributed by atoms with van der Waals surface area (Å²) >= 11 is 1.49. The predicted octanol–water partition coefficient (Wildman–Crippen LogP) is 4.23. The lowest BCUT2D eigenvalue weighted by Gasteiger charge is -2.15. The van der Waals surface area contributed by atoms with Crippen LogP contribution in [-0.4, -0.2) is 28.2 Å². The van der Waals surface area contributed by atoms with Gasteiger partial charge in [-0.15, -0.1) is 11.3 Å². The van der Waals surface area contributed by atoms with Gasteiger partial charge >= 0.3 is 0 Å². The Balaban J connectivity index is 1.44. The van der Waals surface area contributed by atoms with E-state index in [1.54, 1.807) is 29.3 Å². The Bertz CT molecular complexity index is 994. The zero-order valence-corrected chi connectivity index (χ0v) is 15.4. The monoisotopic (exact) mass is 375 g/mol. The number of anilines is 1. The largest absolute Gasteiger partial charge is 0.312 e. The molecular formula is C21H17N3O2S. The molecule has 2 aromatic heterocycles. The first-order chi connectivity index (χ1) is 13.2. The minimum atomic E-state index is -0.0957. The molecule has 0 unspecified atom stereocenters. The number of aromatic nitrogens is 2. The van der Waals surface area contributed by atoms with Gasteiger partial charge in [-0.1, -0.05) is 6.07 Å². The lowest BCUT2D eigenvalue weighted by atomic mass is 10.1. The number of pyridine rings is 1. The van der Waals surface area contributed by atoms with Gasteiger partial charge < -0.3 is 4.90 Å². The van der Waals surface area contributed by atoms with Crippen molar-refractivity contribution in [2.45, 2.75) is 12.8 Å². The molecule has 134 valence electrons. The molecule has 1 amide bonds. The number of amides is 1. The zero-order valence-electron chi connectivity index (χ0n) is 14.5. The topological polar surface area (TPSA) is 63.2 Å². The van der Waals surface area contributed by atoms with Gasteiger partial charge in [0, 0.05) is 35.8 Å². The molecule has 6 heteroatoms. The molecule has 1 saturated heterocycles. The molecule has 1 aliphatic heterocycles. The number of hydrogen-bond donors (Lipinski definition) is 0. The number of benzene rings is 1. The lowest BCUT2D eigenvalue weighted by Crippen LogP contribution is -2.23. The third-order valence-corrected chi connectivity index (χ3v) is 5.23. The predicted molar refractivity (Wildman–Crippen MR) is 107 cm³/mol. The number of rotatable bonds is 5. The van der Waals surface area contributed by atoms with E-state index in [-0.39, 0.29) is 11.7 Å². The standard InChI is InChI=1S/C21H17N3O2S/c25-19(15-6-9-17(10-7-15)24-13-3-5-20(24)26)11-8-16-14-27-21(23-16)18-4-1-2-12-22-18/h1-2,4,6-12,14H,3,5,13H2/b11-8+. The highest BCUT2D eigenvalue weighted by Gasteiger charge is 2.21. The maximum absolute atomic E-state index is 12.4. The molecule has 0 atom stereocenters. The Kier molecular flexibility index (Phi) is 4.89. The summed E-state index contributed by atoms with van der Waals surface area (Å²) in [6.07, 6.45) is 6.44. The van der Waals surface area contributed by atoms with Crippen molar-refractivity contribution >= 4 is 34.8 Å². The van der Waals surface area contributed by atoms with E-state index in [0.717, 1.165) is 35.0 Å². The number of hydrogen-bond acceptors (Lipinski definition) is 5.